The van der Waals surface area contributed by atoms with E-state index in [0.29, 0.717) is 11.8 Å². The van der Waals surface area contributed by atoms with E-state index in [0.717, 1.165) is 19.3 Å². The van der Waals surface area contributed by atoms with Gasteiger partial charge in [0.2, 0.25) is 5.91 Å². The molecule has 0 saturated heterocycles. The number of aryl methyl sites for hydroxylation is 2. The van der Waals surface area contributed by atoms with Crippen LogP contribution in [0.5, 0.6) is 0 Å². The molecule has 2 unspecified atom stereocenters. The Morgan fingerprint density at radius 3 is 1.64 bits per heavy atom. The molecule has 0 aromatic heterocycles. The van der Waals surface area contributed by atoms with Crippen LogP contribution in [0.4, 0.5) is 0 Å². The van der Waals surface area contributed by atoms with E-state index in [2.05, 4.69) is 62.4 Å². The fraction of sp³-hybridized carbons (Fsp3) is 0.435. The Kier molecular flexibility index (Phi) is 5.27. The summed E-state index contributed by atoms with van der Waals surface area (Å²) in [6.45, 7) is 4.38. The zero-order valence-corrected chi connectivity index (χ0v) is 15.8. The molecular formula is C23H29NO. The fourth-order valence-electron chi connectivity index (χ4n) is 4.48. The standard InChI is InChI=1S/C23H29NO/c1-16-9-5-7-11-21(16)18-13-19(22-12-8-6-10-17(22)2)15-20(14-18)23(25)24(3)4/h5-12,18-20H,13-15H2,1-4H3. The number of hydrogen-bond acceptors (Lipinski definition) is 1. The Morgan fingerprint density at radius 1 is 0.800 bits per heavy atom. The van der Waals surface area contributed by atoms with Crippen molar-refractivity contribution in [1.82, 2.24) is 4.90 Å². The first-order valence-corrected chi connectivity index (χ1v) is 9.29. The minimum atomic E-state index is 0.109. The maximum absolute atomic E-state index is 12.7. The molecule has 2 heteroatoms. The molecule has 0 spiro atoms. The molecule has 0 radical (unpaired) electrons. The van der Waals surface area contributed by atoms with Crippen LogP contribution >= 0.6 is 0 Å². The van der Waals surface area contributed by atoms with Crippen molar-refractivity contribution in [2.24, 2.45) is 5.92 Å². The summed E-state index contributed by atoms with van der Waals surface area (Å²) in [5, 5.41) is 0. The van der Waals surface area contributed by atoms with Crippen molar-refractivity contribution >= 4 is 5.91 Å². The van der Waals surface area contributed by atoms with Gasteiger partial charge in [0.25, 0.3) is 0 Å². The molecule has 2 atom stereocenters. The Labute approximate surface area is 151 Å². The number of benzene rings is 2. The first-order valence-electron chi connectivity index (χ1n) is 9.29. The number of rotatable bonds is 3. The van der Waals surface area contributed by atoms with Gasteiger partial charge in [-0.1, -0.05) is 48.5 Å². The molecule has 0 bridgehead atoms. The summed E-state index contributed by atoms with van der Waals surface area (Å²) in [6.07, 6.45) is 3.06. The van der Waals surface area contributed by atoms with E-state index in [-0.39, 0.29) is 11.8 Å². The highest BCUT2D eigenvalue weighted by Gasteiger charge is 2.35. The predicted molar refractivity (Wildman–Crippen MR) is 104 cm³/mol. The van der Waals surface area contributed by atoms with E-state index in [1.54, 1.807) is 4.90 Å². The number of carbonyl (C=O) groups is 1. The van der Waals surface area contributed by atoms with Crippen LogP contribution in [0.15, 0.2) is 48.5 Å². The van der Waals surface area contributed by atoms with Crippen LogP contribution in [0, 0.1) is 19.8 Å². The minimum absolute atomic E-state index is 0.109. The average molecular weight is 335 g/mol. The maximum atomic E-state index is 12.7. The summed E-state index contributed by atoms with van der Waals surface area (Å²) < 4.78 is 0. The highest BCUT2D eigenvalue weighted by molar-refractivity contribution is 5.78. The summed E-state index contributed by atoms with van der Waals surface area (Å²) in [6, 6.07) is 17.3. The predicted octanol–water partition coefficient (Wildman–Crippen LogP) is 5.06. The topological polar surface area (TPSA) is 20.3 Å². The quantitative estimate of drug-likeness (QED) is 0.768. The van der Waals surface area contributed by atoms with E-state index < -0.39 is 0 Å². The van der Waals surface area contributed by atoms with Gasteiger partial charge in [0.15, 0.2) is 0 Å². The summed E-state index contributed by atoms with van der Waals surface area (Å²) >= 11 is 0. The van der Waals surface area contributed by atoms with Crippen LogP contribution in [0.3, 0.4) is 0 Å². The lowest BCUT2D eigenvalue weighted by Gasteiger charge is -2.37. The molecule has 1 aliphatic rings. The minimum Gasteiger partial charge on any atom is -0.349 e. The largest absolute Gasteiger partial charge is 0.349 e. The van der Waals surface area contributed by atoms with Crippen molar-refractivity contribution in [3.05, 3.63) is 70.8 Å². The highest BCUT2D eigenvalue weighted by Crippen LogP contribution is 2.45. The summed E-state index contributed by atoms with van der Waals surface area (Å²) in [5.74, 6) is 1.29. The van der Waals surface area contributed by atoms with Crippen molar-refractivity contribution in [2.75, 3.05) is 14.1 Å². The normalized spacial score (nSPS) is 23.3. The molecule has 1 saturated carbocycles. The number of carbonyl (C=O) groups excluding carboxylic acids is 1. The average Bonchev–Trinajstić information content (AvgIpc) is 2.61. The van der Waals surface area contributed by atoms with Gasteiger partial charge in [0, 0.05) is 20.0 Å². The van der Waals surface area contributed by atoms with Crippen LogP contribution in [-0.2, 0) is 4.79 Å². The molecule has 0 N–H and O–H groups in total. The lowest BCUT2D eigenvalue weighted by Crippen LogP contribution is -2.34. The van der Waals surface area contributed by atoms with E-state index >= 15 is 0 Å². The Hall–Kier alpha value is -2.09. The molecule has 1 aliphatic carbocycles. The third-order valence-corrected chi connectivity index (χ3v) is 5.75. The third kappa shape index (κ3) is 3.78. The van der Waals surface area contributed by atoms with Gasteiger partial charge in [0.05, 0.1) is 0 Å². The second kappa shape index (κ2) is 7.43. The number of nitrogens with zero attached hydrogens (tertiary/aromatic N) is 1. The van der Waals surface area contributed by atoms with Gasteiger partial charge in [-0.2, -0.15) is 0 Å². The molecule has 25 heavy (non-hydrogen) atoms. The first-order chi connectivity index (χ1) is 12.0. The molecule has 2 aromatic rings. The van der Waals surface area contributed by atoms with Gasteiger partial charge in [-0.25, -0.2) is 0 Å². The molecule has 2 nitrogen and oxygen atoms in total. The summed E-state index contributed by atoms with van der Waals surface area (Å²) in [5.41, 5.74) is 5.51. The third-order valence-electron chi connectivity index (χ3n) is 5.75. The van der Waals surface area contributed by atoms with E-state index in [1.165, 1.54) is 22.3 Å². The monoisotopic (exact) mass is 335 g/mol. The highest BCUT2D eigenvalue weighted by atomic mass is 16.2. The number of hydrogen-bond donors (Lipinski definition) is 0. The van der Waals surface area contributed by atoms with Crippen molar-refractivity contribution < 1.29 is 4.79 Å². The van der Waals surface area contributed by atoms with Crippen molar-refractivity contribution in [3.63, 3.8) is 0 Å². The molecule has 1 fully saturated rings. The van der Waals surface area contributed by atoms with Crippen LogP contribution in [0.1, 0.15) is 53.4 Å². The zero-order chi connectivity index (χ0) is 18.0. The Balaban J connectivity index is 1.95. The Morgan fingerprint density at radius 2 is 1.24 bits per heavy atom. The molecule has 0 heterocycles. The van der Waals surface area contributed by atoms with Gasteiger partial charge in [0.1, 0.15) is 0 Å². The molecule has 0 aliphatic heterocycles. The molecule has 1 amide bonds. The van der Waals surface area contributed by atoms with Crippen LogP contribution in [-0.4, -0.2) is 24.9 Å². The van der Waals surface area contributed by atoms with Gasteiger partial charge < -0.3 is 4.90 Å². The van der Waals surface area contributed by atoms with Gasteiger partial charge in [-0.05, 0) is 67.2 Å². The van der Waals surface area contributed by atoms with E-state index in [9.17, 15) is 4.79 Å². The van der Waals surface area contributed by atoms with E-state index in [4.69, 9.17) is 0 Å². The van der Waals surface area contributed by atoms with Crippen molar-refractivity contribution in [3.8, 4) is 0 Å². The Bertz CT molecular complexity index is 696. The van der Waals surface area contributed by atoms with Crippen LogP contribution in [0.2, 0.25) is 0 Å². The zero-order valence-electron chi connectivity index (χ0n) is 15.8. The van der Waals surface area contributed by atoms with Crippen LogP contribution in [0.25, 0.3) is 0 Å². The molecule has 132 valence electrons. The fourth-order valence-corrected chi connectivity index (χ4v) is 4.48. The van der Waals surface area contributed by atoms with Gasteiger partial charge in [-0.3, -0.25) is 4.79 Å². The molecule has 2 aromatic carbocycles. The lowest BCUT2D eigenvalue weighted by atomic mass is 9.69. The summed E-state index contributed by atoms with van der Waals surface area (Å²) in [4.78, 5) is 14.5. The van der Waals surface area contributed by atoms with E-state index in [1.807, 2.05) is 14.1 Å². The second-order valence-corrected chi connectivity index (χ2v) is 7.74. The maximum Gasteiger partial charge on any atom is 0.225 e. The smallest absolute Gasteiger partial charge is 0.225 e. The van der Waals surface area contributed by atoms with Crippen LogP contribution < -0.4 is 0 Å². The van der Waals surface area contributed by atoms with Gasteiger partial charge in [-0.15, -0.1) is 0 Å². The second-order valence-electron chi connectivity index (χ2n) is 7.74. The molecule has 3 rings (SSSR count). The molecular weight excluding hydrogens is 306 g/mol. The van der Waals surface area contributed by atoms with Gasteiger partial charge >= 0.3 is 0 Å². The number of amides is 1. The SMILES string of the molecule is Cc1ccccc1C1CC(C(=O)N(C)C)CC(c2ccccc2C)C1. The van der Waals surface area contributed by atoms with Crippen molar-refractivity contribution in [2.45, 2.75) is 44.9 Å². The lowest BCUT2D eigenvalue weighted by molar-refractivity contribution is -0.134. The van der Waals surface area contributed by atoms with Crippen molar-refractivity contribution in [1.29, 1.82) is 0 Å². The summed E-state index contributed by atoms with van der Waals surface area (Å²) in [7, 11) is 3.75. The first kappa shape index (κ1) is 17.7.